The fraction of sp³-hybridized carbons (Fsp3) is 0.0417. The summed E-state index contributed by atoms with van der Waals surface area (Å²) in [7, 11) is 0. The minimum absolute atomic E-state index is 0.486. The van der Waals surface area contributed by atoms with Crippen molar-refractivity contribution in [3.05, 3.63) is 98.9 Å². The predicted molar refractivity (Wildman–Crippen MR) is 133 cm³/mol. The highest BCUT2D eigenvalue weighted by atomic mass is 79.9. The molecule has 4 aromatic rings. The lowest BCUT2D eigenvalue weighted by Crippen LogP contribution is -2.03. The molecule has 4 rings (SSSR count). The van der Waals surface area contributed by atoms with Crippen LogP contribution in [0.1, 0.15) is 12.5 Å². The van der Waals surface area contributed by atoms with Crippen molar-refractivity contribution in [1.29, 1.82) is 0 Å². The lowest BCUT2D eigenvalue weighted by atomic mass is 10.1. The lowest BCUT2D eigenvalue weighted by Gasteiger charge is -2.09. The number of halogens is 3. The number of hydrogen-bond acceptors (Lipinski definition) is 4. The molecule has 7 heteroatoms. The average Bonchev–Trinajstić information content (AvgIpc) is 2.80. The van der Waals surface area contributed by atoms with E-state index in [-0.39, 0.29) is 0 Å². The molecule has 0 aliphatic heterocycles. The van der Waals surface area contributed by atoms with E-state index in [1.54, 1.807) is 12.1 Å². The summed E-state index contributed by atoms with van der Waals surface area (Å²) in [5.74, 6) is 1.20. The van der Waals surface area contributed by atoms with Crippen molar-refractivity contribution in [3.63, 3.8) is 0 Å². The highest BCUT2D eigenvalue weighted by molar-refractivity contribution is 9.10. The van der Waals surface area contributed by atoms with Crippen LogP contribution in [0.4, 0.5) is 5.82 Å². The molecule has 0 unspecified atom stereocenters. The molecule has 0 spiro atoms. The molecule has 154 valence electrons. The molecule has 3 aromatic carbocycles. The van der Waals surface area contributed by atoms with Crippen molar-refractivity contribution < 1.29 is 0 Å². The highest BCUT2D eigenvalue weighted by Gasteiger charge is 2.09. The Morgan fingerprint density at radius 3 is 2.29 bits per heavy atom. The minimum Gasteiger partial charge on any atom is -0.261 e. The van der Waals surface area contributed by atoms with E-state index in [4.69, 9.17) is 28.2 Å². The van der Waals surface area contributed by atoms with Gasteiger partial charge < -0.3 is 0 Å². The van der Waals surface area contributed by atoms with E-state index in [2.05, 4.69) is 31.4 Å². The van der Waals surface area contributed by atoms with Crippen LogP contribution in [0.5, 0.6) is 0 Å². The average molecular weight is 512 g/mol. The first kappa shape index (κ1) is 21.5. The topological polar surface area (TPSA) is 50.2 Å². The molecule has 0 aliphatic carbocycles. The molecular formula is C24H17BrCl2N4. The van der Waals surface area contributed by atoms with Gasteiger partial charge in [-0.2, -0.15) is 5.10 Å². The van der Waals surface area contributed by atoms with Crippen LogP contribution in [0.3, 0.4) is 0 Å². The molecule has 31 heavy (non-hydrogen) atoms. The molecule has 0 radical (unpaired) electrons. The maximum Gasteiger partial charge on any atom is 0.162 e. The number of benzene rings is 3. The second-order valence-corrected chi connectivity index (χ2v) is 8.50. The smallest absolute Gasteiger partial charge is 0.162 e. The molecular weight excluding hydrogens is 495 g/mol. The molecule has 0 amide bonds. The standard InChI is InChI=1S/C24H17BrCl2N4/c1-15(18-9-12-20(26)21(27)13-18)30-31-23-14-22(16-5-3-2-4-6-16)28-24(29-23)17-7-10-19(25)11-8-17/h2-14H,1H3,(H,28,29,31)/b30-15-. The molecule has 0 bridgehead atoms. The normalized spacial score (nSPS) is 11.4. The first-order valence-corrected chi connectivity index (χ1v) is 11.0. The van der Waals surface area contributed by atoms with Crippen LogP contribution in [0, 0.1) is 0 Å². The monoisotopic (exact) mass is 510 g/mol. The van der Waals surface area contributed by atoms with Crippen LogP contribution in [-0.4, -0.2) is 15.7 Å². The van der Waals surface area contributed by atoms with Gasteiger partial charge in [0.2, 0.25) is 0 Å². The fourth-order valence-corrected chi connectivity index (χ4v) is 3.48. The van der Waals surface area contributed by atoms with E-state index in [0.717, 1.165) is 32.6 Å². The molecule has 1 heterocycles. The summed E-state index contributed by atoms with van der Waals surface area (Å²) in [5.41, 5.74) is 7.39. The zero-order valence-corrected chi connectivity index (χ0v) is 19.6. The van der Waals surface area contributed by atoms with Crippen LogP contribution >= 0.6 is 39.1 Å². The Balaban J connectivity index is 1.71. The second kappa shape index (κ2) is 9.60. The first-order chi connectivity index (χ1) is 15.0. The Bertz CT molecular complexity index is 1240. The Morgan fingerprint density at radius 2 is 1.58 bits per heavy atom. The summed E-state index contributed by atoms with van der Waals surface area (Å²) < 4.78 is 0.996. The van der Waals surface area contributed by atoms with Crippen molar-refractivity contribution in [3.8, 4) is 22.6 Å². The van der Waals surface area contributed by atoms with E-state index >= 15 is 0 Å². The zero-order chi connectivity index (χ0) is 21.8. The summed E-state index contributed by atoms with van der Waals surface area (Å²) in [5, 5.41) is 5.48. The number of rotatable bonds is 5. The third kappa shape index (κ3) is 5.31. The van der Waals surface area contributed by atoms with Gasteiger partial charge in [0.1, 0.15) is 0 Å². The third-order valence-electron chi connectivity index (χ3n) is 4.57. The highest BCUT2D eigenvalue weighted by Crippen LogP contribution is 2.26. The van der Waals surface area contributed by atoms with Gasteiger partial charge in [0.25, 0.3) is 0 Å². The maximum atomic E-state index is 6.13. The Labute approximate surface area is 199 Å². The zero-order valence-electron chi connectivity index (χ0n) is 16.5. The Kier molecular flexibility index (Phi) is 6.66. The summed E-state index contributed by atoms with van der Waals surface area (Å²) in [6, 6.07) is 25.1. The third-order valence-corrected chi connectivity index (χ3v) is 5.84. The van der Waals surface area contributed by atoms with E-state index in [1.165, 1.54) is 0 Å². The number of hydrogen-bond donors (Lipinski definition) is 1. The van der Waals surface area contributed by atoms with Gasteiger partial charge >= 0.3 is 0 Å². The maximum absolute atomic E-state index is 6.13. The van der Waals surface area contributed by atoms with Gasteiger partial charge in [-0.05, 0) is 36.8 Å². The molecule has 0 atom stereocenters. The molecule has 0 aliphatic rings. The molecule has 1 aromatic heterocycles. The van der Waals surface area contributed by atoms with Crippen LogP contribution in [0.15, 0.2) is 88.4 Å². The van der Waals surface area contributed by atoms with Gasteiger partial charge in [-0.25, -0.2) is 9.97 Å². The van der Waals surface area contributed by atoms with E-state index in [9.17, 15) is 0 Å². The number of nitrogens with one attached hydrogen (secondary N) is 1. The predicted octanol–water partition coefficient (Wildman–Crippen LogP) is 7.72. The number of nitrogens with zero attached hydrogens (tertiary/aromatic N) is 3. The number of hydrazone groups is 1. The number of anilines is 1. The Hall–Kier alpha value is -2.73. The van der Waals surface area contributed by atoms with Gasteiger partial charge in [-0.1, -0.05) is 87.7 Å². The van der Waals surface area contributed by atoms with Crippen molar-refractivity contribution in [2.45, 2.75) is 6.92 Å². The molecule has 0 saturated heterocycles. The second-order valence-electron chi connectivity index (χ2n) is 6.77. The molecule has 1 N–H and O–H groups in total. The van der Waals surface area contributed by atoms with Gasteiger partial charge in [-0.15, -0.1) is 0 Å². The quantitative estimate of drug-likeness (QED) is 0.220. The van der Waals surface area contributed by atoms with Crippen LogP contribution in [0.2, 0.25) is 10.0 Å². The van der Waals surface area contributed by atoms with E-state index in [0.29, 0.717) is 21.7 Å². The van der Waals surface area contributed by atoms with Gasteiger partial charge in [-0.3, -0.25) is 5.43 Å². The Morgan fingerprint density at radius 1 is 0.839 bits per heavy atom. The minimum atomic E-state index is 0.486. The van der Waals surface area contributed by atoms with Crippen LogP contribution < -0.4 is 5.43 Å². The van der Waals surface area contributed by atoms with Crippen molar-refractivity contribution in [2.75, 3.05) is 5.43 Å². The van der Waals surface area contributed by atoms with Gasteiger partial charge in [0.15, 0.2) is 11.6 Å². The van der Waals surface area contributed by atoms with Gasteiger partial charge in [0.05, 0.1) is 21.5 Å². The van der Waals surface area contributed by atoms with E-state index in [1.807, 2.05) is 73.7 Å². The number of aromatic nitrogens is 2. The lowest BCUT2D eigenvalue weighted by molar-refractivity contribution is 1.15. The summed E-state index contributed by atoms with van der Waals surface area (Å²) in [4.78, 5) is 9.43. The van der Waals surface area contributed by atoms with Crippen molar-refractivity contribution in [1.82, 2.24) is 9.97 Å². The summed E-state index contributed by atoms with van der Waals surface area (Å²) >= 11 is 15.6. The van der Waals surface area contributed by atoms with Crippen LogP contribution in [0.25, 0.3) is 22.6 Å². The van der Waals surface area contributed by atoms with Gasteiger partial charge in [0, 0.05) is 21.7 Å². The largest absolute Gasteiger partial charge is 0.261 e. The SMILES string of the molecule is C/C(=N/Nc1cc(-c2ccccc2)nc(-c2ccc(Br)cc2)n1)c1ccc(Cl)c(Cl)c1. The first-order valence-electron chi connectivity index (χ1n) is 9.46. The molecule has 4 nitrogen and oxygen atoms in total. The van der Waals surface area contributed by atoms with Crippen molar-refractivity contribution >= 4 is 50.7 Å². The molecule has 0 fully saturated rings. The fourth-order valence-electron chi connectivity index (χ4n) is 2.92. The summed E-state index contributed by atoms with van der Waals surface area (Å²) in [6.07, 6.45) is 0. The van der Waals surface area contributed by atoms with Crippen LogP contribution in [-0.2, 0) is 0 Å². The van der Waals surface area contributed by atoms with E-state index < -0.39 is 0 Å². The van der Waals surface area contributed by atoms with Crippen molar-refractivity contribution in [2.24, 2.45) is 5.10 Å². The summed E-state index contributed by atoms with van der Waals surface area (Å²) in [6.45, 7) is 1.89. The molecule has 0 saturated carbocycles.